The number of nitrogens with two attached hydrogens (primary N) is 1. The summed E-state index contributed by atoms with van der Waals surface area (Å²) in [5.41, 5.74) is 5.60. The van der Waals surface area contributed by atoms with E-state index in [1.165, 1.54) is 17.0 Å². The maximum Gasteiger partial charge on any atom is 0.309 e. The van der Waals surface area contributed by atoms with E-state index in [1.807, 2.05) is 6.07 Å². The van der Waals surface area contributed by atoms with Crippen molar-refractivity contribution < 1.29 is 17.4 Å². The number of benzene rings is 2. The number of hydrogen-bond donors (Lipinski definition) is 1. The van der Waals surface area contributed by atoms with Gasteiger partial charge in [-0.05, 0) is 41.8 Å². The molecule has 0 aliphatic carbocycles. The van der Waals surface area contributed by atoms with Crippen LogP contribution in [0.2, 0.25) is 0 Å². The number of amides is 1. The molecular formula is C19H20BrN3O4S. The van der Waals surface area contributed by atoms with Crippen molar-refractivity contribution in [1.29, 1.82) is 0 Å². The van der Waals surface area contributed by atoms with Crippen LogP contribution >= 0.6 is 15.9 Å². The Labute approximate surface area is 172 Å². The number of carbonyl (C=O) groups excluding carboxylic acids is 1. The summed E-state index contributed by atoms with van der Waals surface area (Å²) in [5, 5.41) is 0. The molecule has 0 saturated carbocycles. The first-order chi connectivity index (χ1) is 13.2. The number of nitrogens with zero attached hydrogens (tertiary/aromatic N) is 2. The van der Waals surface area contributed by atoms with Crippen molar-refractivity contribution in [3.05, 3.63) is 64.1 Å². The van der Waals surface area contributed by atoms with Crippen molar-refractivity contribution in [2.24, 2.45) is 10.7 Å². The van der Waals surface area contributed by atoms with E-state index >= 15 is 0 Å². The van der Waals surface area contributed by atoms with Crippen LogP contribution in [0.15, 0.2) is 58.0 Å². The summed E-state index contributed by atoms with van der Waals surface area (Å²) >= 11 is 3.42. The van der Waals surface area contributed by atoms with Crippen molar-refractivity contribution in [3.8, 4) is 5.75 Å². The zero-order valence-corrected chi connectivity index (χ0v) is 17.8. The highest BCUT2D eigenvalue weighted by Gasteiger charge is 2.49. The van der Waals surface area contributed by atoms with Crippen molar-refractivity contribution in [2.75, 3.05) is 12.8 Å². The summed E-state index contributed by atoms with van der Waals surface area (Å²) < 4.78 is 30.1. The smallest absolute Gasteiger partial charge is 0.309 e. The summed E-state index contributed by atoms with van der Waals surface area (Å²) in [5.74, 6) is -0.233. The van der Waals surface area contributed by atoms with Gasteiger partial charge < -0.3 is 9.92 Å². The van der Waals surface area contributed by atoms with E-state index in [1.54, 1.807) is 44.3 Å². The quantitative estimate of drug-likeness (QED) is 0.660. The lowest BCUT2D eigenvalue weighted by Gasteiger charge is -2.26. The Morgan fingerprint density at radius 3 is 2.39 bits per heavy atom. The molecule has 2 N–H and O–H groups in total. The predicted molar refractivity (Wildman–Crippen MR) is 110 cm³/mol. The Hall–Kier alpha value is -2.39. The third kappa shape index (κ3) is 3.64. The van der Waals surface area contributed by atoms with Crippen molar-refractivity contribution in [3.63, 3.8) is 0 Å². The van der Waals surface area contributed by atoms with Gasteiger partial charge in [0.2, 0.25) is 0 Å². The van der Waals surface area contributed by atoms with E-state index in [-0.39, 0.29) is 23.4 Å². The van der Waals surface area contributed by atoms with Gasteiger partial charge in [-0.15, -0.1) is 0 Å². The zero-order valence-electron chi connectivity index (χ0n) is 15.4. The molecule has 9 heteroatoms. The summed E-state index contributed by atoms with van der Waals surface area (Å²) in [7, 11) is -2.17. The summed E-state index contributed by atoms with van der Waals surface area (Å²) in [6.07, 6.45) is 0.439. The van der Waals surface area contributed by atoms with Crippen LogP contribution in [0.3, 0.4) is 0 Å². The van der Waals surface area contributed by atoms with Crippen LogP contribution in [0.25, 0.3) is 0 Å². The topological polar surface area (TPSA) is 102 Å². The minimum absolute atomic E-state index is 0.0786. The molecule has 148 valence electrons. The maximum absolute atomic E-state index is 13.2. The monoisotopic (exact) mass is 465 g/mol. The van der Waals surface area contributed by atoms with Gasteiger partial charge in [0.1, 0.15) is 5.75 Å². The number of halogens is 1. The molecule has 0 saturated heterocycles. The SMILES string of the molecule is CCCS(=O)(=O)Oc1cccc(C2(c3cccc(Br)c3)N=C(N)N(C)C2=O)c1. The van der Waals surface area contributed by atoms with Crippen LogP contribution in [0.5, 0.6) is 5.75 Å². The van der Waals surface area contributed by atoms with Gasteiger partial charge in [-0.25, -0.2) is 4.99 Å². The van der Waals surface area contributed by atoms with Gasteiger partial charge in [0.05, 0.1) is 5.75 Å². The fourth-order valence-corrected chi connectivity index (χ4v) is 4.49. The highest BCUT2D eigenvalue weighted by atomic mass is 79.9. The number of rotatable bonds is 6. The summed E-state index contributed by atoms with van der Waals surface area (Å²) in [6.45, 7) is 1.75. The Balaban J connectivity index is 2.16. The normalized spacial score (nSPS) is 19.6. The first-order valence-electron chi connectivity index (χ1n) is 8.62. The molecule has 1 atom stereocenters. The molecule has 0 spiro atoms. The fraction of sp³-hybridized carbons (Fsp3) is 0.263. The van der Waals surface area contributed by atoms with Crippen LogP contribution in [0.1, 0.15) is 24.5 Å². The molecule has 2 aromatic carbocycles. The molecule has 1 aliphatic heterocycles. The fourth-order valence-electron chi connectivity index (χ4n) is 3.11. The number of carbonyl (C=O) groups is 1. The van der Waals surface area contributed by atoms with Gasteiger partial charge in [0.25, 0.3) is 5.91 Å². The average Bonchev–Trinajstić information content (AvgIpc) is 2.86. The Morgan fingerprint density at radius 1 is 1.18 bits per heavy atom. The first-order valence-corrected chi connectivity index (χ1v) is 11.0. The van der Waals surface area contributed by atoms with Gasteiger partial charge in [-0.2, -0.15) is 8.42 Å². The molecule has 1 unspecified atom stereocenters. The summed E-state index contributed by atoms with van der Waals surface area (Å²) in [4.78, 5) is 19.0. The molecule has 1 heterocycles. The molecule has 7 nitrogen and oxygen atoms in total. The predicted octanol–water partition coefficient (Wildman–Crippen LogP) is 2.60. The lowest BCUT2D eigenvalue weighted by atomic mass is 9.83. The lowest BCUT2D eigenvalue weighted by Crippen LogP contribution is -2.41. The second-order valence-electron chi connectivity index (χ2n) is 6.43. The van der Waals surface area contributed by atoms with E-state index in [4.69, 9.17) is 9.92 Å². The average molecular weight is 466 g/mol. The molecule has 0 bridgehead atoms. The maximum atomic E-state index is 13.2. The van der Waals surface area contributed by atoms with Crippen LogP contribution in [-0.4, -0.2) is 38.0 Å². The largest absolute Gasteiger partial charge is 0.382 e. The molecule has 3 rings (SSSR count). The van der Waals surface area contributed by atoms with E-state index < -0.39 is 15.7 Å². The first kappa shape index (κ1) is 20.3. The summed E-state index contributed by atoms with van der Waals surface area (Å²) in [6, 6.07) is 13.6. The second-order valence-corrected chi connectivity index (χ2v) is 9.03. The number of guanidine groups is 1. The highest BCUT2D eigenvalue weighted by molar-refractivity contribution is 9.10. The van der Waals surface area contributed by atoms with Crippen LogP contribution in [0.4, 0.5) is 0 Å². The van der Waals surface area contributed by atoms with Gasteiger partial charge in [-0.1, -0.05) is 47.1 Å². The van der Waals surface area contributed by atoms with Crippen LogP contribution in [-0.2, 0) is 20.5 Å². The van der Waals surface area contributed by atoms with Gasteiger partial charge in [-0.3, -0.25) is 9.69 Å². The van der Waals surface area contributed by atoms with Crippen molar-refractivity contribution >= 4 is 37.9 Å². The standard InChI is InChI=1S/C19H20BrN3O4S/c1-3-10-28(25,26)27-16-9-5-7-14(12-16)19(13-6-4-8-15(20)11-13)17(24)23(2)18(21)22-19/h4-9,11-12H,3,10H2,1-2H3,(H2,21,22). The molecular weight excluding hydrogens is 446 g/mol. The van der Waals surface area contributed by atoms with E-state index in [9.17, 15) is 13.2 Å². The second kappa shape index (κ2) is 7.56. The van der Waals surface area contributed by atoms with Crippen molar-refractivity contribution in [1.82, 2.24) is 4.90 Å². The van der Waals surface area contributed by atoms with Gasteiger partial charge >= 0.3 is 10.1 Å². The minimum atomic E-state index is -3.71. The Morgan fingerprint density at radius 2 is 1.82 bits per heavy atom. The Bertz CT molecular complexity index is 1050. The molecule has 0 fully saturated rings. The molecule has 1 amide bonds. The highest BCUT2D eigenvalue weighted by Crippen LogP contribution is 2.41. The van der Waals surface area contributed by atoms with Gasteiger partial charge in [0, 0.05) is 11.5 Å². The van der Waals surface area contributed by atoms with Crippen LogP contribution in [0, 0.1) is 0 Å². The molecule has 0 aromatic heterocycles. The molecule has 0 radical (unpaired) electrons. The number of hydrogen-bond acceptors (Lipinski definition) is 6. The third-order valence-electron chi connectivity index (χ3n) is 4.41. The van der Waals surface area contributed by atoms with Crippen LogP contribution < -0.4 is 9.92 Å². The lowest BCUT2D eigenvalue weighted by molar-refractivity contribution is -0.129. The zero-order chi connectivity index (χ0) is 20.5. The molecule has 28 heavy (non-hydrogen) atoms. The Kier molecular flexibility index (Phi) is 5.49. The van der Waals surface area contributed by atoms with E-state index in [0.717, 1.165) is 4.47 Å². The number of aliphatic imine (C=N–C) groups is 1. The number of likely N-dealkylation sites (N-methyl/N-ethyl adjacent to an activating group) is 1. The van der Waals surface area contributed by atoms with E-state index in [2.05, 4.69) is 20.9 Å². The molecule has 2 aromatic rings. The van der Waals surface area contributed by atoms with E-state index in [0.29, 0.717) is 17.5 Å². The third-order valence-corrected chi connectivity index (χ3v) is 6.26. The van der Waals surface area contributed by atoms with Gasteiger partial charge in [0.15, 0.2) is 11.5 Å². The van der Waals surface area contributed by atoms with Crippen molar-refractivity contribution in [2.45, 2.75) is 18.9 Å². The molecule has 1 aliphatic rings. The minimum Gasteiger partial charge on any atom is -0.382 e.